The fraction of sp³-hybridized carbons (Fsp3) is 0.450. The number of carbonyl (C=O) groups is 2. The van der Waals surface area contributed by atoms with Crippen LogP contribution in [0.5, 0.6) is 5.75 Å². The van der Waals surface area contributed by atoms with E-state index in [0.29, 0.717) is 41.9 Å². The monoisotopic (exact) mass is 390 g/mol. The number of aromatic nitrogens is 1. The highest BCUT2D eigenvalue weighted by Crippen LogP contribution is 2.22. The second kappa shape index (κ2) is 10.1. The summed E-state index contributed by atoms with van der Waals surface area (Å²) < 4.78 is 10.3. The predicted molar refractivity (Wildman–Crippen MR) is 105 cm³/mol. The topological polar surface area (TPSA) is 68.7 Å². The number of nitrogens with zero attached hydrogens (tertiary/aromatic N) is 2. The number of benzene rings is 1. The number of esters is 1. The van der Waals surface area contributed by atoms with Crippen LogP contribution in [0.4, 0.5) is 0 Å². The van der Waals surface area contributed by atoms with Crippen molar-refractivity contribution in [3.8, 4) is 5.75 Å². The Bertz CT molecular complexity index is 773. The predicted octanol–water partition coefficient (Wildman–Crippen LogP) is 4.02. The second-order valence-electron chi connectivity index (χ2n) is 6.46. The van der Waals surface area contributed by atoms with Crippen molar-refractivity contribution in [1.82, 2.24) is 9.88 Å². The highest BCUT2D eigenvalue weighted by atomic mass is 32.1. The van der Waals surface area contributed by atoms with Gasteiger partial charge < -0.3 is 14.4 Å². The van der Waals surface area contributed by atoms with Crippen LogP contribution in [-0.4, -0.2) is 42.0 Å². The number of hydrogen-bond donors (Lipinski definition) is 0. The van der Waals surface area contributed by atoms with Crippen molar-refractivity contribution in [3.63, 3.8) is 0 Å². The van der Waals surface area contributed by atoms with E-state index in [1.54, 1.807) is 36.4 Å². The van der Waals surface area contributed by atoms with E-state index < -0.39 is 5.97 Å². The summed E-state index contributed by atoms with van der Waals surface area (Å²) in [4.78, 5) is 31.0. The van der Waals surface area contributed by atoms with Gasteiger partial charge in [0.05, 0.1) is 25.8 Å². The average Bonchev–Trinajstić information content (AvgIpc) is 3.13. The van der Waals surface area contributed by atoms with Crippen LogP contribution in [0, 0.1) is 5.92 Å². The molecular formula is C20H26N2O4S. The lowest BCUT2D eigenvalue weighted by Crippen LogP contribution is -2.32. The van der Waals surface area contributed by atoms with Gasteiger partial charge >= 0.3 is 5.97 Å². The summed E-state index contributed by atoms with van der Waals surface area (Å²) >= 11 is 1.35. The number of carbonyl (C=O) groups excluding carboxylic acids is 2. The van der Waals surface area contributed by atoms with Crippen molar-refractivity contribution in [2.24, 2.45) is 5.92 Å². The molecule has 27 heavy (non-hydrogen) atoms. The molecule has 1 amide bonds. The van der Waals surface area contributed by atoms with Crippen LogP contribution in [0.2, 0.25) is 0 Å². The molecule has 0 saturated carbocycles. The Labute approximate surface area is 164 Å². The molecule has 0 aliphatic heterocycles. The first-order valence-electron chi connectivity index (χ1n) is 9.00. The van der Waals surface area contributed by atoms with Crippen molar-refractivity contribution < 1.29 is 19.1 Å². The first-order chi connectivity index (χ1) is 13.0. The van der Waals surface area contributed by atoms with E-state index in [1.807, 2.05) is 12.1 Å². The van der Waals surface area contributed by atoms with Crippen LogP contribution >= 0.6 is 11.3 Å². The van der Waals surface area contributed by atoms with E-state index in [0.717, 1.165) is 6.42 Å². The summed E-state index contributed by atoms with van der Waals surface area (Å²) in [7, 11) is 1.55. The van der Waals surface area contributed by atoms with Crippen LogP contribution in [0.15, 0.2) is 29.6 Å². The molecule has 2 rings (SSSR count). The van der Waals surface area contributed by atoms with Crippen LogP contribution in [0.1, 0.15) is 53.0 Å². The van der Waals surface area contributed by atoms with E-state index in [1.165, 1.54) is 11.3 Å². The van der Waals surface area contributed by atoms with E-state index in [4.69, 9.17) is 9.47 Å². The minimum absolute atomic E-state index is 0.110. The minimum atomic E-state index is -0.440. The molecule has 2 aromatic rings. The molecule has 0 atom stereocenters. The smallest absolute Gasteiger partial charge is 0.357 e. The van der Waals surface area contributed by atoms with Gasteiger partial charge in [-0.15, -0.1) is 11.3 Å². The zero-order chi connectivity index (χ0) is 19.8. The van der Waals surface area contributed by atoms with Gasteiger partial charge in [0.15, 0.2) is 5.69 Å². The third kappa shape index (κ3) is 5.79. The number of amides is 1. The molecule has 1 aromatic carbocycles. The number of thiazole rings is 1. The van der Waals surface area contributed by atoms with Gasteiger partial charge in [-0.05, 0) is 31.4 Å². The van der Waals surface area contributed by atoms with Gasteiger partial charge in [-0.1, -0.05) is 26.0 Å². The van der Waals surface area contributed by atoms with Gasteiger partial charge in [0.25, 0.3) is 5.91 Å². The van der Waals surface area contributed by atoms with E-state index in [-0.39, 0.29) is 11.6 Å². The molecule has 6 nitrogen and oxygen atoms in total. The number of hydrogen-bond acceptors (Lipinski definition) is 6. The molecule has 0 aliphatic rings. The summed E-state index contributed by atoms with van der Waals surface area (Å²) in [5.41, 5.74) is 0.802. The molecule has 1 heterocycles. The van der Waals surface area contributed by atoms with E-state index in [2.05, 4.69) is 18.8 Å². The van der Waals surface area contributed by atoms with Crippen molar-refractivity contribution in [2.45, 2.75) is 33.7 Å². The van der Waals surface area contributed by atoms with Gasteiger partial charge in [0.1, 0.15) is 10.8 Å². The Kier molecular flexibility index (Phi) is 7.79. The molecule has 7 heteroatoms. The highest BCUT2D eigenvalue weighted by molar-refractivity contribution is 7.09. The number of para-hydroxylation sites is 1. The van der Waals surface area contributed by atoms with Crippen LogP contribution in [0.25, 0.3) is 0 Å². The maximum Gasteiger partial charge on any atom is 0.357 e. The number of ether oxygens (including phenoxy) is 2. The maximum atomic E-state index is 13.1. The van der Waals surface area contributed by atoms with Crippen LogP contribution < -0.4 is 4.74 Å². The van der Waals surface area contributed by atoms with Gasteiger partial charge in [-0.25, -0.2) is 9.78 Å². The molecule has 0 spiro atoms. The van der Waals surface area contributed by atoms with Gasteiger partial charge in [-0.3, -0.25) is 4.79 Å². The second-order valence-corrected chi connectivity index (χ2v) is 7.40. The minimum Gasteiger partial charge on any atom is -0.496 e. The zero-order valence-corrected chi connectivity index (χ0v) is 17.0. The van der Waals surface area contributed by atoms with Crippen LogP contribution in [-0.2, 0) is 11.3 Å². The molecule has 0 unspecified atom stereocenters. The first-order valence-corrected chi connectivity index (χ1v) is 9.88. The third-order valence-electron chi connectivity index (χ3n) is 3.96. The van der Waals surface area contributed by atoms with Gasteiger partial charge in [-0.2, -0.15) is 0 Å². The highest BCUT2D eigenvalue weighted by Gasteiger charge is 2.22. The summed E-state index contributed by atoms with van der Waals surface area (Å²) in [5, 5.41) is 2.37. The van der Waals surface area contributed by atoms with Gasteiger partial charge in [0, 0.05) is 11.9 Å². The van der Waals surface area contributed by atoms with E-state index >= 15 is 0 Å². The van der Waals surface area contributed by atoms with Crippen molar-refractivity contribution in [1.29, 1.82) is 0 Å². The fourth-order valence-corrected chi connectivity index (χ4v) is 3.28. The average molecular weight is 391 g/mol. The molecule has 0 fully saturated rings. The maximum absolute atomic E-state index is 13.1. The summed E-state index contributed by atoms with van der Waals surface area (Å²) in [6.45, 7) is 7.24. The number of methoxy groups -OCH3 is 1. The lowest BCUT2D eigenvalue weighted by Gasteiger charge is -2.23. The SMILES string of the molecule is CCOC(=O)c1csc(CN(CCC(C)C)C(=O)c2ccccc2OC)n1. The normalized spacial score (nSPS) is 10.7. The summed E-state index contributed by atoms with van der Waals surface area (Å²) in [6, 6.07) is 7.19. The standard InChI is InChI=1S/C20H26N2O4S/c1-5-26-20(24)16-13-27-18(21-16)12-22(11-10-14(2)3)19(23)15-8-6-7-9-17(15)25-4/h6-9,13-14H,5,10-12H2,1-4H3. The Morgan fingerprint density at radius 1 is 1.26 bits per heavy atom. The lowest BCUT2D eigenvalue weighted by atomic mass is 10.1. The summed E-state index contributed by atoms with van der Waals surface area (Å²) in [6.07, 6.45) is 0.872. The molecule has 0 radical (unpaired) electrons. The molecule has 1 aromatic heterocycles. The Morgan fingerprint density at radius 3 is 2.67 bits per heavy atom. The molecular weight excluding hydrogens is 364 g/mol. The molecule has 146 valence electrons. The third-order valence-corrected chi connectivity index (χ3v) is 4.80. The quantitative estimate of drug-likeness (QED) is 0.605. The van der Waals surface area contributed by atoms with Crippen molar-refractivity contribution in [2.75, 3.05) is 20.3 Å². The van der Waals surface area contributed by atoms with Crippen molar-refractivity contribution >= 4 is 23.2 Å². The molecule has 0 N–H and O–H groups in total. The van der Waals surface area contributed by atoms with Gasteiger partial charge in [0.2, 0.25) is 0 Å². The molecule has 0 bridgehead atoms. The van der Waals surface area contributed by atoms with E-state index in [9.17, 15) is 9.59 Å². The Hall–Kier alpha value is -2.41. The van der Waals surface area contributed by atoms with Crippen LogP contribution in [0.3, 0.4) is 0 Å². The first kappa shape index (κ1) is 20.9. The number of rotatable bonds is 9. The Morgan fingerprint density at radius 2 is 2.00 bits per heavy atom. The fourth-order valence-electron chi connectivity index (χ4n) is 2.50. The lowest BCUT2D eigenvalue weighted by molar-refractivity contribution is 0.0520. The molecule has 0 saturated heterocycles. The molecule has 0 aliphatic carbocycles. The largest absolute Gasteiger partial charge is 0.496 e. The Balaban J connectivity index is 2.21. The summed E-state index contributed by atoms with van der Waals surface area (Å²) in [5.74, 6) is 0.457. The van der Waals surface area contributed by atoms with Crippen molar-refractivity contribution in [3.05, 3.63) is 45.9 Å². The zero-order valence-electron chi connectivity index (χ0n) is 16.2.